The Balaban J connectivity index is 1.25. The molecular formula is C54H39N. The zero-order valence-corrected chi connectivity index (χ0v) is 30.7. The minimum Gasteiger partial charge on any atom is -0.309 e. The van der Waals surface area contributed by atoms with E-state index in [1.165, 1.54) is 72.0 Å². The lowest BCUT2D eigenvalue weighted by Crippen LogP contribution is -2.22. The highest BCUT2D eigenvalue weighted by molar-refractivity contribution is 6.09. The van der Waals surface area contributed by atoms with E-state index in [0.717, 1.165) is 17.1 Å². The fourth-order valence-electron chi connectivity index (χ4n) is 8.95. The van der Waals surface area contributed by atoms with Gasteiger partial charge in [0.05, 0.1) is 11.4 Å². The smallest absolute Gasteiger partial charge is 0.0543 e. The van der Waals surface area contributed by atoms with Crippen molar-refractivity contribution in [1.82, 2.24) is 0 Å². The van der Waals surface area contributed by atoms with Crippen molar-refractivity contribution >= 4 is 27.8 Å². The lowest BCUT2D eigenvalue weighted by molar-refractivity contribution is 0.714. The molecule has 0 bridgehead atoms. The number of rotatable bonds is 7. The second-order valence-corrected chi connectivity index (χ2v) is 14.6. The highest BCUT2D eigenvalue weighted by Gasteiger charge is 2.42. The molecule has 0 saturated carbocycles. The van der Waals surface area contributed by atoms with Gasteiger partial charge in [-0.1, -0.05) is 194 Å². The van der Waals surface area contributed by atoms with Gasteiger partial charge < -0.3 is 4.90 Å². The molecule has 0 spiro atoms. The first-order valence-corrected chi connectivity index (χ1v) is 19.1. The van der Waals surface area contributed by atoms with Gasteiger partial charge in [0.15, 0.2) is 0 Å². The van der Waals surface area contributed by atoms with E-state index in [1.807, 2.05) is 0 Å². The molecule has 55 heavy (non-hydrogen) atoms. The third kappa shape index (κ3) is 5.39. The van der Waals surface area contributed by atoms with Crippen molar-refractivity contribution in [2.45, 2.75) is 12.3 Å². The second-order valence-electron chi connectivity index (χ2n) is 14.6. The maximum absolute atomic E-state index is 2.50. The second kappa shape index (κ2) is 13.5. The summed E-state index contributed by atoms with van der Waals surface area (Å²) in [4.78, 5) is 2.50. The maximum Gasteiger partial charge on any atom is 0.0543 e. The highest BCUT2D eigenvalue weighted by atomic mass is 15.1. The minimum atomic E-state index is -0.314. The van der Waals surface area contributed by atoms with Gasteiger partial charge in [-0.05, 0) is 92.0 Å². The van der Waals surface area contributed by atoms with Gasteiger partial charge in [-0.25, -0.2) is 0 Å². The average Bonchev–Trinajstić information content (AvgIpc) is 3.54. The fourth-order valence-corrected chi connectivity index (χ4v) is 8.95. The summed E-state index contributed by atoms with van der Waals surface area (Å²) < 4.78 is 0. The van der Waals surface area contributed by atoms with Gasteiger partial charge in [-0.3, -0.25) is 0 Å². The van der Waals surface area contributed by atoms with Gasteiger partial charge in [0.25, 0.3) is 0 Å². The molecule has 0 heterocycles. The molecule has 0 saturated heterocycles. The van der Waals surface area contributed by atoms with E-state index < -0.39 is 0 Å². The van der Waals surface area contributed by atoms with Crippen molar-refractivity contribution < 1.29 is 0 Å². The first kappa shape index (κ1) is 32.7. The molecule has 0 fully saturated rings. The highest BCUT2D eigenvalue weighted by Crippen LogP contribution is 2.57. The van der Waals surface area contributed by atoms with Gasteiger partial charge in [-0.15, -0.1) is 0 Å². The first-order valence-electron chi connectivity index (χ1n) is 19.1. The predicted molar refractivity (Wildman–Crippen MR) is 232 cm³/mol. The van der Waals surface area contributed by atoms with Crippen LogP contribution < -0.4 is 4.90 Å². The van der Waals surface area contributed by atoms with Crippen LogP contribution in [-0.4, -0.2) is 0 Å². The summed E-state index contributed by atoms with van der Waals surface area (Å²) in [5.74, 6) is 0. The Morgan fingerprint density at radius 1 is 0.345 bits per heavy atom. The van der Waals surface area contributed by atoms with Crippen molar-refractivity contribution in [2.75, 3.05) is 4.90 Å². The molecule has 0 aliphatic heterocycles. The van der Waals surface area contributed by atoms with Crippen molar-refractivity contribution in [2.24, 2.45) is 0 Å². The van der Waals surface area contributed by atoms with Crippen LogP contribution in [0.5, 0.6) is 0 Å². The first-order chi connectivity index (χ1) is 27.2. The summed E-state index contributed by atoms with van der Waals surface area (Å²) in [7, 11) is 0. The summed E-state index contributed by atoms with van der Waals surface area (Å²) in [5.41, 5.74) is 16.8. The topological polar surface area (TPSA) is 3.24 Å². The van der Waals surface area contributed by atoms with Crippen LogP contribution in [0.1, 0.15) is 23.6 Å². The van der Waals surface area contributed by atoms with Crippen LogP contribution in [0.2, 0.25) is 0 Å². The Bertz CT molecular complexity index is 2800. The number of hydrogen-bond acceptors (Lipinski definition) is 1. The van der Waals surface area contributed by atoms with E-state index in [9.17, 15) is 0 Å². The Hall–Kier alpha value is -6.96. The molecule has 1 atom stereocenters. The number of hydrogen-bond donors (Lipinski definition) is 0. The summed E-state index contributed by atoms with van der Waals surface area (Å²) >= 11 is 0. The number of nitrogens with zero attached hydrogens (tertiary/aromatic N) is 1. The lowest BCUT2D eigenvalue weighted by Gasteiger charge is -2.32. The van der Waals surface area contributed by atoms with Gasteiger partial charge in [0.1, 0.15) is 0 Å². The van der Waals surface area contributed by atoms with E-state index in [-0.39, 0.29) is 5.41 Å². The van der Waals surface area contributed by atoms with E-state index >= 15 is 0 Å². The van der Waals surface area contributed by atoms with E-state index in [0.29, 0.717) is 0 Å². The van der Waals surface area contributed by atoms with E-state index in [1.54, 1.807) is 0 Å². The van der Waals surface area contributed by atoms with Crippen LogP contribution in [0, 0.1) is 0 Å². The van der Waals surface area contributed by atoms with Crippen LogP contribution in [-0.2, 0) is 5.41 Å². The maximum atomic E-state index is 2.50. The van der Waals surface area contributed by atoms with E-state index in [4.69, 9.17) is 0 Å². The van der Waals surface area contributed by atoms with Gasteiger partial charge >= 0.3 is 0 Å². The van der Waals surface area contributed by atoms with Crippen molar-refractivity contribution in [3.05, 3.63) is 235 Å². The zero-order valence-electron chi connectivity index (χ0n) is 30.7. The van der Waals surface area contributed by atoms with Crippen molar-refractivity contribution in [3.8, 4) is 44.5 Å². The van der Waals surface area contributed by atoms with Crippen LogP contribution in [0.4, 0.5) is 17.1 Å². The summed E-state index contributed by atoms with van der Waals surface area (Å²) in [6.45, 7) is 2.39. The molecule has 1 unspecified atom stereocenters. The fraction of sp³-hybridized carbons (Fsp3) is 0.0370. The zero-order chi connectivity index (χ0) is 36.8. The van der Waals surface area contributed by atoms with Crippen LogP contribution in [0.15, 0.2) is 218 Å². The molecule has 10 rings (SSSR count). The average molecular weight is 702 g/mol. The van der Waals surface area contributed by atoms with E-state index in [2.05, 4.69) is 230 Å². The molecule has 1 aliphatic carbocycles. The largest absolute Gasteiger partial charge is 0.309 e. The summed E-state index contributed by atoms with van der Waals surface area (Å²) in [6.07, 6.45) is 0. The van der Waals surface area contributed by atoms with Gasteiger partial charge in [0.2, 0.25) is 0 Å². The molecule has 260 valence electrons. The molecule has 9 aromatic rings. The molecule has 1 heteroatoms. The Labute approximate surface area is 323 Å². The van der Waals surface area contributed by atoms with Crippen LogP contribution in [0.25, 0.3) is 55.3 Å². The number of benzene rings is 9. The normalized spacial score (nSPS) is 14.3. The van der Waals surface area contributed by atoms with Gasteiger partial charge in [0, 0.05) is 22.2 Å². The third-order valence-corrected chi connectivity index (χ3v) is 11.6. The molecule has 1 aliphatic rings. The minimum absolute atomic E-state index is 0.314. The number of fused-ring (bicyclic) bond motifs is 4. The quantitative estimate of drug-likeness (QED) is 0.160. The Morgan fingerprint density at radius 3 is 1.58 bits per heavy atom. The van der Waals surface area contributed by atoms with Crippen molar-refractivity contribution in [3.63, 3.8) is 0 Å². The summed E-state index contributed by atoms with van der Waals surface area (Å²) in [6, 6.07) is 79.7. The molecule has 0 N–H and O–H groups in total. The molecule has 0 amide bonds. The Kier molecular flexibility index (Phi) is 8.00. The Morgan fingerprint density at radius 2 is 0.855 bits per heavy atom. The monoisotopic (exact) mass is 701 g/mol. The molecule has 9 aromatic carbocycles. The molecule has 0 radical (unpaired) electrons. The summed E-state index contributed by atoms with van der Waals surface area (Å²) in [5, 5.41) is 2.48. The van der Waals surface area contributed by atoms with Crippen molar-refractivity contribution in [1.29, 1.82) is 0 Å². The number of anilines is 3. The third-order valence-electron chi connectivity index (χ3n) is 11.6. The number of para-hydroxylation sites is 1. The van der Waals surface area contributed by atoms with Crippen LogP contribution in [0.3, 0.4) is 0 Å². The molecule has 0 aromatic heterocycles. The van der Waals surface area contributed by atoms with Crippen LogP contribution >= 0.6 is 0 Å². The lowest BCUT2D eigenvalue weighted by atomic mass is 9.74. The van der Waals surface area contributed by atoms with Gasteiger partial charge in [-0.2, -0.15) is 0 Å². The molecular weight excluding hydrogens is 663 g/mol. The SMILES string of the molecule is CC1(c2ccccc2)c2ccccc2-c2c(N(c3ccc(-c4ccccc4)cc3)c3ccccc3-c3cccc4cccc(-c5ccccc5)c34)cccc21. The predicted octanol–water partition coefficient (Wildman–Crippen LogP) is 14.6. The standard InChI is InChI=1S/C54H39N/c1-54(42-24-9-4-10-25-42)48-30-13-11-27-47(48)53-49(54)31-17-33-51(53)55(43-36-34-39(35-37-43)38-18-5-2-6-19-38)50-32-14-12-26-45(50)46-29-16-23-41-22-15-28-44(52(41)46)40-20-7-3-8-21-40/h2-37H,1H3. The molecule has 1 nitrogen and oxygen atoms in total.